The van der Waals surface area contributed by atoms with Gasteiger partial charge >= 0.3 is 5.97 Å². The molecule has 0 fully saturated rings. The Hall–Kier alpha value is -1.33. The van der Waals surface area contributed by atoms with Crippen LogP contribution in [0.1, 0.15) is 21.9 Å². The van der Waals surface area contributed by atoms with Gasteiger partial charge in [0.1, 0.15) is 5.76 Å². The zero-order valence-corrected chi connectivity index (χ0v) is 9.91. The molecule has 0 bridgehead atoms. The molecule has 0 saturated carbocycles. The Morgan fingerprint density at radius 2 is 2.25 bits per heavy atom. The number of nitrogens with zero attached hydrogens (tertiary/aromatic N) is 1. The highest BCUT2D eigenvalue weighted by molar-refractivity contribution is 5.86. The average Bonchev–Trinajstić information content (AvgIpc) is 2.54. The van der Waals surface area contributed by atoms with Crippen molar-refractivity contribution in [2.45, 2.75) is 13.5 Å². The summed E-state index contributed by atoms with van der Waals surface area (Å²) in [5.74, 6) is -0.324. The highest BCUT2D eigenvalue weighted by Crippen LogP contribution is 2.14. The van der Waals surface area contributed by atoms with Crippen molar-refractivity contribution in [1.29, 1.82) is 0 Å². The summed E-state index contributed by atoms with van der Waals surface area (Å²) in [6.45, 7) is 4.07. The number of carboxylic acid groups (broad SMARTS) is 1. The molecule has 0 spiro atoms. The topological polar surface area (TPSA) is 65.7 Å². The van der Waals surface area contributed by atoms with E-state index in [1.807, 2.05) is 14.1 Å². The number of carboxylic acids is 1. The van der Waals surface area contributed by atoms with E-state index in [1.165, 1.54) is 0 Å². The van der Waals surface area contributed by atoms with Gasteiger partial charge in [0.2, 0.25) is 5.76 Å². The standard InChI is InChI=1S/C11H18N2O3/c1-8-6-9(16-10(8)11(14)15)7-12-4-5-13(2)3/h6,12H,4-5,7H2,1-3H3,(H,14,15). The quantitative estimate of drug-likeness (QED) is 0.707. The number of aryl methyl sites for hydroxylation is 1. The van der Waals surface area contributed by atoms with Crippen LogP contribution in [0.4, 0.5) is 0 Å². The fourth-order valence-electron chi connectivity index (χ4n) is 1.36. The molecule has 0 aromatic carbocycles. The number of carbonyl (C=O) groups is 1. The molecule has 5 nitrogen and oxygen atoms in total. The number of aromatic carboxylic acids is 1. The Kier molecular flexibility index (Phi) is 4.52. The highest BCUT2D eigenvalue weighted by Gasteiger charge is 2.13. The molecule has 1 aromatic rings. The van der Waals surface area contributed by atoms with Crippen molar-refractivity contribution in [2.24, 2.45) is 0 Å². The van der Waals surface area contributed by atoms with E-state index in [0.717, 1.165) is 13.1 Å². The van der Waals surface area contributed by atoms with E-state index in [2.05, 4.69) is 10.2 Å². The lowest BCUT2D eigenvalue weighted by atomic mass is 10.2. The van der Waals surface area contributed by atoms with Crippen LogP contribution >= 0.6 is 0 Å². The molecule has 0 atom stereocenters. The molecular formula is C11H18N2O3. The zero-order valence-electron chi connectivity index (χ0n) is 9.91. The van der Waals surface area contributed by atoms with Crippen molar-refractivity contribution in [3.8, 4) is 0 Å². The maximum Gasteiger partial charge on any atom is 0.372 e. The molecule has 1 aromatic heterocycles. The Labute approximate surface area is 95.0 Å². The fourth-order valence-corrected chi connectivity index (χ4v) is 1.36. The van der Waals surface area contributed by atoms with E-state index in [0.29, 0.717) is 17.9 Å². The molecule has 2 N–H and O–H groups in total. The molecule has 1 heterocycles. The molecule has 1 rings (SSSR count). The normalized spacial score (nSPS) is 11.0. The number of hydrogen-bond donors (Lipinski definition) is 2. The summed E-state index contributed by atoms with van der Waals surface area (Å²) in [6, 6.07) is 1.76. The van der Waals surface area contributed by atoms with Crippen LogP contribution in [0.5, 0.6) is 0 Å². The smallest absolute Gasteiger partial charge is 0.372 e. The van der Waals surface area contributed by atoms with Crippen molar-refractivity contribution in [3.63, 3.8) is 0 Å². The molecule has 16 heavy (non-hydrogen) atoms. The summed E-state index contributed by atoms with van der Waals surface area (Å²) in [7, 11) is 4.00. The average molecular weight is 226 g/mol. The minimum atomic E-state index is -1.02. The van der Waals surface area contributed by atoms with Crippen molar-refractivity contribution in [3.05, 3.63) is 23.2 Å². The van der Waals surface area contributed by atoms with Gasteiger partial charge < -0.3 is 19.7 Å². The summed E-state index contributed by atoms with van der Waals surface area (Å²) >= 11 is 0. The SMILES string of the molecule is Cc1cc(CNCCN(C)C)oc1C(=O)O. The van der Waals surface area contributed by atoms with Crippen molar-refractivity contribution in [1.82, 2.24) is 10.2 Å². The number of rotatable bonds is 6. The lowest BCUT2D eigenvalue weighted by molar-refractivity contribution is 0.0659. The van der Waals surface area contributed by atoms with E-state index in [9.17, 15) is 4.79 Å². The van der Waals surface area contributed by atoms with Crippen LogP contribution in [0.2, 0.25) is 0 Å². The van der Waals surface area contributed by atoms with Gasteiger partial charge in [-0.2, -0.15) is 0 Å². The number of furan rings is 1. The number of hydrogen-bond acceptors (Lipinski definition) is 4. The summed E-state index contributed by atoms with van der Waals surface area (Å²) in [4.78, 5) is 12.8. The lowest BCUT2D eigenvalue weighted by Crippen LogP contribution is -2.26. The van der Waals surface area contributed by atoms with Crippen LogP contribution in [-0.4, -0.2) is 43.2 Å². The third-order valence-electron chi connectivity index (χ3n) is 2.20. The Morgan fingerprint density at radius 1 is 1.56 bits per heavy atom. The zero-order chi connectivity index (χ0) is 12.1. The third-order valence-corrected chi connectivity index (χ3v) is 2.20. The molecule has 0 unspecified atom stereocenters. The molecule has 0 radical (unpaired) electrons. The van der Waals surface area contributed by atoms with E-state index in [1.54, 1.807) is 13.0 Å². The van der Waals surface area contributed by atoms with Crippen LogP contribution < -0.4 is 5.32 Å². The molecule has 0 aliphatic heterocycles. The summed E-state index contributed by atoms with van der Waals surface area (Å²) in [5, 5.41) is 12.0. The second kappa shape index (κ2) is 5.67. The van der Waals surface area contributed by atoms with Crippen LogP contribution in [0, 0.1) is 6.92 Å². The fraction of sp³-hybridized carbons (Fsp3) is 0.545. The number of nitrogens with one attached hydrogen (secondary N) is 1. The molecule has 0 aliphatic carbocycles. The second-order valence-electron chi connectivity index (χ2n) is 4.01. The highest BCUT2D eigenvalue weighted by atomic mass is 16.4. The Morgan fingerprint density at radius 3 is 2.75 bits per heavy atom. The minimum absolute atomic E-state index is 0.0319. The van der Waals surface area contributed by atoms with Gasteiger partial charge in [0.25, 0.3) is 0 Å². The monoisotopic (exact) mass is 226 g/mol. The van der Waals surface area contributed by atoms with Crippen molar-refractivity contribution in [2.75, 3.05) is 27.2 Å². The molecule has 0 aliphatic rings. The van der Waals surface area contributed by atoms with Gasteiger partial charge in [-0.15, -0.1) is 0 Å². The largest absolute Gasteiger partial charge is 0.475 e. The first-order valence-electron chi connectivity index (χ1n) is 5.18. The van der Waals surface area contributed by atoms with Gasteiger partial charge in [-0.05, 0) is 27.1 Å². The first-order chi connectivity index (χ1) is 7.50. The van der Waals surface area contributed by atoms with Gasteiger partial charge in [0.05, 0.1) is 6.54 Å². The maximum atomic E-state index is 10.7. The Bertz CT molecular complexity index is 358. The molecule has 0 amide bonds. The first kappa shape index (κ1) is 12.7. The first-order valence-corrected chi connectivity index (χ1v) is 5.18. The van der Waals surface area contributed by atoms with Crippen molar-refractivity contribution >= 4 is 5.97 Å². The molecule has 0 saturated heterocycles. The summed E-state index contributed by atoms with van der Waals surface area (Å²) in [6.07, 6.45) is 0. The predicted molar refractivity (Wildman–Crippen MR) is 60.7 cm³/mol. The predicted octanol–water partition coefficient (Wildman–Crippen LogP) is 0.937. The number of likely N-dealkylation sites (N-methyl/N-ethyl adjacent to an activating group) is 1. The van der Waals surface area contributed by atoms with Gasteiger partial charge in [-0.1, -0.05) is 0 Å². The maximum absolute atomic E-state index is 10.7. The summed E-state index contributed by atoms with van der Waals surface area (Å²) < 4.78 is 5.21. The van der Waals surface area contributed by atoms with E-state index in [4.69, 9.17) is 9.52 Å². The summed E-state index contributed by atoms with van der Waals surface area (Å²) in [5.41, 5.74) is 0.664. The van der Waals surface area contributed by atoms with Crippen LogP contribution in [-0.2, 0) is 6.54 Å². The van der Waals surface area contributed by atoms with Crippen molar-refractivity contribution < 1.29 is 14.3 Å². The molecule has 90 valence electrons. The van der Waals surface area contributed by atoms with E-state index >= 15 is 0 Å². The van der Waals surface area contributed by atoms with Crippen LogP contribution in [0.25, 0.3) is 0 Å². The Balaban J connectivity index is 2.43. The van der Waals surface area contributed by atoms with Crippen LogP contribution in [0.15, 0.2) is 10.5 Å². The van der Waals surface area contributed by atoms with Gasteiger partial charge in [-0.25, -0.2) is 4.79 Å². The lowest BCUT2D eigenvalue weighted by Gasteiger charge is -2.09. The van der Waals surface area contributed by atoms with Gasteiger partial charge in [0.15, 0.2) is 0 Å². The van der Waals surface area contributed by atoms with E-state index < -0.39 is 5.97 Å². The third kappa shape index (κ3) is 3.67. The van der Waals surface area contributed by atoms with E-state index in [-0.39, 0.29) is 5.76 Å². The minimum Gasteiger partial charge on any atom is -0.475 e. The van der Waals surface area contributed by atoms with Crippen LogP contribution in [0.3, 0.4) is 0 Å². The van der Waals surface area contributed by atoms with Gasteiger partial charge in [-0.3, -0.25) is 0 Å². The molecular weight excluding hydrogens is 208 g/mol. The molecule has 5 heteroatoms. The van der Waals surface area contributed by atoms with Gasteiger partial charge in [0, 0.05) is 18.7 Å². The second-order valence-corrected chi connectivity index (χ2v) is 4.01.